The Kier molecular flexibility index (Phi) is 8.24. The Balaban J connectivity index is 1.05. The minimum Gasteiger partial charge on any atom is -0.444 e. The van der Waals surface area contributed by atoms with Gasteiger partial charge in [0.05, 0.1) is 0 Å². The Bertz CT molecular complexity index is 1180. The molecule has 38 heavy (non-hydrogen) atoms. The van der Waals surface area contributed by atoms with E-state index in [4.69, 9.17) is 4.74 Å². The Morgan fingerprint density at radius 1 is 0.974 bits per heavy atom. The van der Waals surface area contributed by atoms with E-state index in [0.717, 1.165) is 71.6 Å². The number of aromatic amines is 1. The number of hydrogen-bond acceptors (Lipinski definition) is 5. The van der Waals surface area contributed by atoms with Crippen LogP contribution in [0, 0.1) is 0 Å². The summed E-state index contributed by atoms with van der Waals surface area (Å²) in [5.74, 6) is 0. The van der Waals surface area contributed by atoms with Crippen molar-refractivity contribution in [3.8, 4) is 11.3 Å². The standard InChI is InChI=1S/C31H43N5O2/c1-31(2,3)38-30(37)36-16-7-15-34(20-21-36)19-14-32-26-12-17-35(18-13-26)27-10-6-9-24(22-27)29-23-25-8-4-5-11-28(25)33-29/h4-6,8-11,22-23,26,32-33H,7,12-21H2,1-3H3. The van der Waals surface area contributed by atoms with Gasteiger partial charge in [-0.2, -0.15) is 0 Å². The molecule has 2 aromatic carbocycles. The van der Waals surface area contributed by atoms with Gasteiger partial charge in [-0.3, -0.25) is 0 Å². The van der Waals surface area contributed by atoms with Crippen LogP contribution >= 0.6 is 0 Å². The number of H-pyrrole nitrogens is 1. The maximum absolute atomic E-state index is 12.4. The van der Waals surface area contributed by atoms with Crippen LogP contribution in [-0.2, 0) is 4.74 Å². The first-order valence-corrected chi connectivity index (χ1v) is 14.2. The lowest BCUT2D eigenvalue weighted by molar-refractivity contribution is 0.0258. The fourth-order valence-electron chi connectivity index (χ4n) is 5.57. The van der Waals surface area contributed by atoms with Crippen LogP contribution in [0.1, 0.15) is 40.0 Å². The molecule has 0 aliphatic carbocycles. The number of piperidine rings is 1. The van der Waals surface area contributed by atoms with Crippen LogP contribution in [0.15, 0.2) is 54.6 Å². The lowest BCUT2D eigenvalue weighted by Gasteiger charge is -2.34. The molecular weight excluding hydrogens is 474 g/mol. The van der Waals surface area contributed by atoms with Crippen molar-refractivity contribution in [3.63, 3.8) is 0 Å². The highest BCUT2D eigenvalue weighted by molar-refractivity contribution is 5.86. The van der Waals surface area contributed by atoms with E-state index in [9.17, 15) is 4.79 Å². The molecule has 3 heterocycles. The number of hydrogen-bond donors (Lipinski definition) is 2. The molecule has 2 saturated heterocycles. The monoisotopic (exact) mass is 517 g/mol. The molecule has 2 N–H and O–H groups in total. The lowest BCUT2D eigenvalue weighted by atomic mass is 10.0. The van der Waals surface area contributed by atoms with E-state index in [1.165, 1.54) is 27.8 Å². The van der Waals surface area contributed by atoms with E-state index in [-0.39, 0.29) is 6.09 Å². The number of para-hydroxylation sites is 1. The fraction of sp³-hybridized carbons (Fsp3) is 0.516. The molecule has 2 aliphatic heterocycles. The quantitative estimate of drug-likeness (QED) is 0.462. The van der Waals surface area contributed by atoms with E-state index in [0.29, 0.717) is 6.04 Å². The molecule has 0 spiro atoms. The van der Waals surface area contributed by atoms with Crippen LogP contribution in [0.3, 0.4) is 0 Å². The maximum Gasteiger partial charge on any atom is 0.410 e. The van der Waals surface area contributed by atoms with Gasteiger partial charge in [0.25, 0.3) is 0 Å². The van der Waals surface area contributed by atoms with Crippen molar-refractivity contribution < 1.29 is 9.53 Å². The zero-order chi connectivity index (χ0) is 26.5. The Labute approximate surface area is 227 Å². The fourth-order valence-corrected chi connectivity index (χ4v) is 5.57. The van der Waals surface area contributed by atoms with Crippen molar-refractivity contribution in [2.75, 3.05) is 57.3 Å². The van der Waals surface area contributed by atoms with Gasteiger partial charge in [-0.15, -0.1) is 0 Å². The van der Waals surface area contributed by atoms with Gasteiger partial charge >= 0.3 is 6.09 Å². The second-order valence-corrected chi connectivity index (χ2v) is 11.7. The van der Waals surface area contributed by atoms with Crippen LogP contribution in [-0.4, -0.2) is 84.9 Å². The second kappa shape index (κ2) is 11.8. The number of anilines is 1. The predicted octanol–water partition coefficient (Wildman–Crippen LogP) is 5.34. The molecule has 7 nitrogen and oxygen atoms in total. The van der Waals surface area contributed by atoms with Crippen molar-refractivity contribution in [3.05, 3.63) is 54.6 Å². The summed E-state index contributed by atoms with van der Waals surface area (Å²) in [5.41, 5.74) is 4.45. The molecule has 0 saturated carbocycles. The van der Waals surface area contributed by atoms with Gasteiger partial charge in [0.1, 0.15) is 5.60 Å². The molecule has 0 radical (unpaired) electrons. The molecular formula is C31H43N5O2. The zero-order valence-electron chi connectivity index (χ0n) is 23.2. The lowest BCUT2D eigenvalue weighted by Crippen LogP contribution is -2.45. The molecule has 5 rings (SSSR count). The first kappa shape index (κ1) is 26.6. The molecule has 0 bridgehead atoms. The third-order valence-electron chi connectivity index (χ3n) is 7.65. The largest absolute Gasteiger partial charge is 0.444 e. The number of aromatic nitrogens is 1. The number of rotatable bonds is 6. The first-order valence-electron chi connectivity index (χ1n) is 14.2. The van der Waals surface area contributed by atoms with Gasteiger partial charge in [0, 0.05) is 74.1 Å². The van der Waals surface area contributed by atoms with Gasteiger partial charge in [0.15, 0.2) is 0 Å². The summed E-state index contributed by atoms with van der Waals surface area (Å²) in [7, 11) is 0. The van der Waals surface area contributed by atoms with Gasteiger partial charge in [0.2, 0.25) is 0 Å². The molecule has 0 unspecified atom stereocenters. The number of fused-ring (bicyclic) bond motifs is 1. The van der Waals surface area contributed by atoms with E-state index >= 15 is 0 Å². The van der Waals surface area contributed by atoms with Crippen LogP contribution in [0.5, 0.6) is 0 Å². The normalized spacial score (nSPS) is 18.1. The summed E-state index contributed by atoms with van der Waals surface area (Å²) < 4.78 is 5.56. The zero-order valence-corrected chi connectivity index (χ0v) is 23.2. The third kappa shape index (κ3) is 6.88. The molecule has 2 aliphatic rings. The first-order chi connectivity index (χ1) is 18.3. The van der Waals surface area contributed by atoms with Crippen molar-refractivity contribution >= 4 is 22.7 Å². The molecule has 0 atom stereocenters. The van der Waals surface area contributed by atoms with Crippen molar-refractivity contribution in [1.29, 1.82) is 0 Å². The SMILES string of the molecule is CC(C)(C)OC(=O)N1CCCN(CCNC2CCN(c3cccc(-c4cc5ccccc5[nH]4)c3)CC2)CC1. The number of benzene rings is 2. The van der Waals surface area contributed by atoms with Crippen molar-refractivity contribution in [1.82, 2.24) is 20.1 Å². The minimum absolute atomic E-state index is 0.184. The highest BCUT2D eigenvalue weighted by Crippen LogP contribution is 2.28. The highest BCUT2D eigenvalue weighted by Gasteiger charge is 2.25. The van der Waals surface area contributed by atoms with Crippen molar-refractivity contribution in [2.45, 2.75) is 51.7 Å². The molecule has 7 heteroatoms. The molecule has 3 aromatic rings. The van der Waals surface area contributed by atoms with Crippen LogP contribution < -0.4 is 10.2 Å². The van der Waals surface area contributed by atoms with Gasteiger partial charge in [-0.25, -0.2) is 4.79 Å². The summed E-state index contributed by atoms with van der Waals surface area (Å²) in [4.78, 5) is 22.8. The van der Waals surface area contributed by atoms with Crippen molar-refractivity contribution in [2.24, 2.45) is 0 Å². The maximum atomic E-state index is 12.4. The number of carbonyl (C=O) groups is 1. The van der Waals surface area contributed by atoms with E-state index in [1.807, 2.05) is 25.7 Å². The summed E-state index contributed by atoms with van der Waals surface area (Å²) in [5, 5.41) is 5.05. The van der Waals surface area contributed by atoms with Gasteiger partial charge in [-0.1, -0.05) is 30.3 Å². The summed E-state index contributed by atoms with van der Waals surface area (Å²) in [6.07, 6.45) is 3.12. The molecule has 2 fully saturated rings. The average Bonchev–Trinajstić information content (AvgIpc) is 3.20. The Morgan fingerprint density at radius 2 is 1.79 bits per heavy atom. The molecule has 1 aromatic heterocycles. The van der Waals surface area contributed by atoms with Gasteiger partial charge in [-0.05, 0) is 76.4 Å². The Morgan fingerprint density at radius 3 is 2.58 bits per heavy atom. The number of nitrogens with one attached hydrogen (secondary N) is 2. The number of carbonyl (C=O) groups excluding carboxylic acids is 1. The highest BCUT2D eigenvalue weighted by atomic mass is 16.6. The van der Waals surface area contributed by atoms with Gasteiger partial charge < -0.3 is 29.7 Å². The predicted molar refractivity (Wildman–Crippen MR) is 156 cm³/mol. The molecule has 1 amide bonds. The minimum atomic E-state index is -0.442. The number of nitrogens with zero attached hydrogens (tertiary/aromatic N) is 3. The van der Waals surface area contributed by atoms with Crippen LogP contribution in [0.2, 0.25) is 0 Å². The summed E-state index contributed by atoms with van der Waals surface area (Å²) >= 11 is 0. The topological polar surface area (TPSA) is 63.8 Å². The smallest absolute Gasteiger partial charge is 0.410 e. The number of ether oxygens (including phenoxy) is 1. The molecule has 204 valence electrons. The van der Waals surface area contributed by atoms with Crippen LogP contribution in [0.4, 0.5) is 10.5 Å². The Hall–Kier alpha value is -3.03. The second-order valence-electron chi connectivity index (χ2n) is 11.7. The van der Waals surface area contributed by atoms with E-state index in [1.54, 1.807) is 0 Å². The average molecular weight is 518 g/mol. The van der Waals surface area contributed by atoms with Crippen LogP contribution in [0.25, 0.3) is 22.2 Å². The third-order valence-corrected chi connectivity index (χ3v) is 7.65. The summed E-state index contributed by atoms with van der Waals surface area (Å²) in [6.45, 7) is 13.4. The van der Waals surface area contributed by atoms with E-state index < -0.39 is 5.60 Å². The number of amides is 1. The summed E-state index contributed by atoms with van der Waals surface area (Å²) in [6, 6.07) is 20.2. The van der Waals surface area contributed by atoms with E-state index in [2.05, 4.69) is 74.7 Å².